The molecule has 2 N–H and O–H groups in total. The lowest BCUT2D eigenvalue weighted by atomic mass is 10.1. The molecule has 6 heteroatoms. The third-order valence-corrected chi connectivity index (χ3v) is 5.35. The summed E-state index contributed by atoms with van der Waals surface area (Å²) in [6, 6.07) is 0.554. The van der Waals surface area contributed by atoms with Gasteiger partial charge >= 0.3 is 0 Å². The zero-order chi connectivity index (χ0) is 13.9. The molecule has 1 saturated carbocycles. The van der Waals surface area contributed by atoms with Gasteiger partial charge in [-0.3, -0.25) is 0 Å². The number of hydrogen-bond donors (Lipinski definition) is 2. The highest BCUT2D eigenvalue weighted by Crippen LogP contribution is 2.29. The van der Waals surface area contributed by atoms with Crippen molar-refractivity contribution in [1.29, 1.82) is 0 Å². The molecule has 0 aromatic carbocycles. The standard InChI is InChI=1S/C13H27N3O2S/c1-11(2)9-15-19(17,18)16(13-6-7-13)10-12-5-3-4-8-14-12/h11-15H,3-10H2,1-2H3. The zero-order valence-electron chi connectivity index (χ0n) is 12.1. The lowest BCUT2D eigenvalue weighted by molar-refractivity contribution is 0.304. The third-order valence-electron chi connectivity index (χ3n) is 3.75. The van der Waals surface area contributed by atoms with Gasteiger partial charge in [-0.05, 0) is 38.1 Å². The Hall–Kier alpha value is -0.170. The van der Waals surface area contributed by atoms with Crippen molar-refractivity contribution in [3.05, 3.63) is 0 Å². The van der Waals surface area contributed by atoms with Crippen molar-refractivity contribution in [2.24, 2.45) is 5.92 Å². The van der Waals surface area contributed by atoms with E-state index in [2.05, 4.69) is 10.0 Å². The van der Waals surface area contributed by atoms with E-state index in [0.29, 0.717) is 25.0 Å². The first-order chi connectivity index (χ1) is 8.99. The van der Waals surface area contributed by atoms with Gasteiger partial charge in [0.2, 0.25) is 0 Å². The van der Waals surface area contributed by atoms with Gasteiger partial charge in [-0.25, -0.2) is 4.72 Å². The summed E-state index contributed by atoms with van der Waals surface area (Å²) in [6.45, 7) is 6.20. The molecule has 1 saturated heterocycles. The minimum atomic E-state index is -3.31. The molecule has 112 valence electrons. The Morgan fingerprint density at radius 3 is 2.53 bits per heavy atom. The number of piperidine rings is 1. The van der Waals surface area contributed by atoms with E-state index >= 15 is 0 Å². The molecule has 0 radical (unpaired) electrons. The fourth-order valence-electron chi connectivity index (χ4n) is 2.46. The average Bonchev–Trinajstić information content (AvgIpc) is 3.19. The number of hydrogen-bond acceptors (Lipinski definition) is 3. The molecule has 2 rings (SSSR count). The molecule has 5 nitrogen and oxygen atoms in total. The summed E-state index contributed by atoms with van der Waals surface area (Å²) in [5, 5.41) is 3.44. The molecule has 0 amide bonds. The second kappa shape index (κ2) is 6.52. The molecular formula is C13H27N3O2S. The first-order valence-corrected chi connectivity index (χ1v) is 8.93. The summed E-state index contributed by atoms with van der Waals surface area (Å²) in [7, 11) is -3.31. The highest BCUT2D eigenvalue weighted by atomic mass is 32.2. The summed E-state index contributed by atoms with van der Waals surface area (Å²) in [6.07, 6.45) is 5.52. The molecule has 1 unspecified atom stereocenters. The van der Waals surface area contributed by atoms with Gasteiger partial charge in [0.05, 0.1) is 0 Å². The second-order valence-electron chi connectivity index (χ2n) is 6.20. The highest BCUT2D eigenvalue weighted by Gasteiger charge is 2.38. The molecule has 19 heavy (non-hydrogen) atoms. The van der Waals surface area contributed by atoms with Gasteiger partial charge in [0.25, 0.3) is 10.2 Å². The maximum atomic E-state index is 12.4. The van der Waals surface area contributed by atoms with Crippen molar-refractivity contribution in [2.75, 3.05) is 19.6 Å². The van der Waals surface area contributed by atoms with Gasteiger partial charge in [-0.1, -0.05) is 20.3 Å². The van der Waals surface area contributed by atoms with Crippen molar-refractivity contribution in [3.8, 4) is 0 Å². The summed E-state index contributed by atoms with van der Waals surface area (Å²) in [4.78, 5) is 0. The van der Waals surface area contributed by atoms with Crippen LogP contribution in [0.4, 0.5) is 0 Å². The maximum absolute atomic E-state index is 12.4. The minimum absolute atomic E-state index is 0.230. The van der Waals surface area contributed by atoms with Gasteiger partial charge in [-0.2, -0.15) is 12.7 Å². The van der Waals surface area contributed by atoms with Gasteiger partial charge in [0, 0.05) is 25.2 Å². The van der Waals surface area contributed by atoms with Gasteiger partial charge in [0.1, 0.15) is 0 Å². The van der Waals surface area contributed by atoms with Crippen molar-refractivity contribution < 1.29 is 8.42 Å². The van der Waals surface area contributed by atoms with Gasteiger partial charge < -0.3 is 5.32 Å². The van der Waals surface area contributed by atoms with E-state index in [1.807, 2.05) is 13.8 Å². The molecule has 0 spiro atoms. The zero-order valence-corrected chi connectivity index (χ0v) is 12.9. The molecule has 2 fully saturated rings. The van der Waals surface area contributed by atoms with Crippen LogP contribution in [0.15, 0.2) is 0 Å². The Kier molecular flexibility index (Phi) is 5.22. The number of nitrogens with one attached hydrogen (secondary N) is 2. The maximum Gasteiger partial charge on any atom is 0.279 e. The molecule has 0 aromatic heterocycles. The fourth-order valence-corrected chi connectivity index (χ4v) is 4.15. The van der Waals surface area contributed by atoms with Crippen molar-refractivity contribution in [3.63, 3.8) is 0 Å². The summed E-state index contributed by atoms with van der Waals surface area (Å²) >= 11 is 0. The molecular weight excluding hydrogens is 262 g/mol. The molecule has 1 aliphatic heterocycles. The predicted molar refractivity (Wildman–Crippen MR) is 77.1 cm³/mol. The highest BCUT2D eigenvalue weighted by molar-refractivity contribution is 7.87. The Balaban J connectivity index is 1.94. The van der Waals surface area contributed by atoms with E-state index < -0.39 is 10.2 Å². The molecule has 0 aromatic rings. The van der Waals surface area contributed by atoms with Crippen LogP contribution in [0.3, 0.4) is 0 Å². The average molecular weight is 289 g/mol. The smallest absolute Gasteiger partial charge is 0.279 e. The Bertz CT molecular complexity index is 373. The van der Waals surface area contributed by atoms with Crippen molar-refractivity contribution >= 4 is 10.2 Å². The molecule has 0 bridgehead atoms. The third kappa shape index (κ3) is 4.70. The normalized spacial score (nSPS) is 25.2. The van der Waals surface area contributed by atoms with Crippen LogP contribution in [0, 0.1) is 5.92 Å². The fraction of sp³-hybridized carbons (Fsp3) is 1.00. The lowest BCUT2D eigenvalue weighted by Gasteiger charge is -2.30. The van der Waals surface area contributed by atoms with Gasteiger partial charge in [0.15, 0.2) is 0 Å². The molecule has 1 heterocycles. The van der Waals surface area contributed by atoms with Crippen LogP contribution in [0.1, 0.15) is 46.0 Å². The van der Waals surface area contributed by atoms with Crippen LogP contribution in [0.2, 0.25) is 0 Å². The van der Waals surface area contributed by atoms with E-state index in [1.165, 1.54) is 12.8 Å². The SMILES string of the molecule is CC(C)CNS(=O)(=O)N(CC1CCCCN1)C1CC1. The van der Waals surface area contributed by atoms with E-state index in [-0.39, 0.29) is 6.04 Å². The van der Waals surface area contributed by atoms with E-state index in [1.54, 1.807) is 4.31 Å². The van der Waals surface area contributed by atoms with E-state index in [9.17, 15) is 8.42 Å². The largest absolute Gasteiger partial charge is 0.313 e. The first kappa shape index (κ1) is 15.2. The van der Waals surface area contributed by atoms with Crippen LogP contribution >= 0.6 is 0 Å². The monoisotopic (exact) mass is 289 g/mol. The van der Waals surface area contributed by atoms with E-state index in [4.69, 9.17) is 0 Å². The van der Waals surface area contributed by atoms with Crippen LogP contribution in [0.25, 0.3) is 0 Å². The Morgan fingerprint density at radius 1 is 1.26 bits per heavy atom. The van der Waals surface area contributed by atoms with Crippen molar-refractivity contribution in [1.82, 2.24) is 14.3 Å². The predicted octanol–water partition coefficient (Wildman–Crippen LogP) is 1.08. The van der Waals surface area contributed by atoms with Crippen molar-refractivity contribution in [2.45, 2.75) is 58.0 Å². The van der Waals surface area contributed by atoms with Crippen LogP contribution in [-0.2, 0) is 10.2 Å². The first-order valence-electron chi connectivity index (χ1n) is 7.49. The second-order valence-corrected chi connectivity index (χ2v) is 7.90. The molecule has 1 aliphatic carbocycles. The lowest BCUT2D eigenvalue weighted by Crippen LogP contribution is -2.50. The summed E-state index contributed by atoms with van der Waals surface area (Å²) in [5.41, 5.74) is 0. The molecule has 1 atom stereocenters. The number of nitrogens with zero attached hydrogens (tertiary/aromatic N) is 1. The summed E-state index contributed by atoms with van der Waals surface area (Å²) in [5.74, 6) is 0.337. The van der Waals surface area contributed by atoms with Crippen LogP contribution in [-0.4, -0.2) is 44.4 Å². The Morgan fingerprint density at radius 2 is 2.00 bits per heavy atom. The molecule has 2 aliphatic rings. The Labute approximate surface area is 117 Å². The minimum Gasteiger partial charge on any atom is -0.313 e. The summed E-state index contributed by atoms with van der Waals surface area (Å²) < 4.78 is 29.2. The van der Waals surface area contributed by atoms with Crippen LogP contribution < -0.4 is 10.0 Å². The van der Waals surface area contributed by atoms with Gasteiger partial charge in [-0.15, -0.1) is 0 Å². The quantitative estimate of drug-likeness (QED) is 0.737. The topological polar surface area (TPSA) is 61.4 Å². The van der Waals surface area contributed by atoms with Crippen LogP contribution in [0.5, 0.6) is 0 Å². The van der Waals surface area contributed by atoms with E-state index in [0.717, 1.165) is 25.8 Å². The number of rotatable bonds is 7.